The van der Waals surface area contributed by atoms with Crippen molar-refractivity contribution < 1.29 is 4.79 Å². The van der Waals surface area contributed by atoms with Crippen molar-refractivity contribution in [1.82, 2.24) is 4.90 Å². The van der Waals surface area contributed by atoms with Gasteiger partial charge in [0.05, 0.1) is 6.04 Å². The summed E-state index contributed by atoms with van der Waals surface area (Å²) in [6.07, 6.45) is 11.1. The predicted molar refractivity (Wildman–Crippen MR) is 104 cm³/mol. The van der Waals surface area contributed by atoms with Gasteiger partial charge in [0, 0.05) is 5.69 Å². The summed E-state index contributed by atoms with van der Waals surface area (Å²) in [6, 6.07) is 6.39. The zero-order valence-corrected chi connectivity index (χ0v) is 15.6. The van der Waals surface area contributed by atoms with Gasteiger partial charge in [-0.3, -0.25) is 9.69 Å². The second-order valence-electron chi connectivity index (χ2n) is 8.35. The zero-order chi connectivity index (χ0) is 17.4. The highest BCUT2D eigenvalue weighted by atomic mass is 16.2. The van der Waals surface area contributed by atoms with Crippen LogP contribution in [0.2, 0.25) is 0 Å². The number of carbonyl (C=O) groups is 1. The first-order valence-corrected chi connectivity index (χ1v) is 9.93. The fraction of sp³-hybridized carbons (Fsp3) is 0.591. The Bertz CT molecular complexity index is 687. The number of hydrogen-bond acceptors (Lipinski definition) is 2. The first kappa shape index (κ1) is 16.8. The molecular weight excluding hydrogens is 308 g/mol. The number of nitrogens with one attached hydrogen (secondary N) is 1. The van der Waals surface area contributed by atoms with Gasteiger partial charge in [-0.25, -0.2) is 0 Å². The summed E-state index contributed by atoms with van der Waals surface area (Å²) in [6.45, 7) is 3.21. The van der Waals surface area contributed by atoms with Crippen LogP contribution in [0.25, 0.3) is 6.08 Å². The summed E-state index contributed by atoms with van der Waals surface area (Å²) < 4.78 is 0. The van der Waals surface area contributed by atoms with Gasteiger partial charge in [-0.1, -0.05) is 49.8 Å². The maximum absolute atomic E-state index is 13.1. The Kier molecular flexibility index (Phi) is 4.68. The van der Waals surface area contributed by atoms with E-state index in [9.17, 15) is 4.79 Å². The number of rotatable bonds is 3. The van der Waals surface area contributed by atoms with Gasteiger partial charge in [0.15, 0.2) is 0 Å². The lowest BCUT2D eigenvalue weighted by Crippen LogP contribution is -2.43. The van der Waals surface area contributed by atoms with Gasteiger partial charge in [-0.05, 0) is 68.5 Å². The lowest BCUT2D eigenvalue weighted by Gasteiger charge is -2.32. The van der Waals surface area contributed by atoms with E-state index >= 15 is 0 Å². The maximum atomic E-state index is 13.1. The Labute approximate surface area is 151 Å². The molecule has 1 aromatic rings. The average Bonchev–Trinajstić information content (AvgIpc) is 3.17. The maximum Gasteiger partial charge on any atom is 0.242 e. The monoisotopic (exact) mass is 338 g/mol. The van der Waals surface area contributed by atoms with Crippen LogP contribution in [0.15, 0.2) is 23.8 Å². The molecule has 4 rings (SSSR count). The lowest BCUT2D eigenvalue weighted by atomic mass is 9.76. The van der Waals surface area contributed by atoms with Crippen molar-refractivity contribution in [3.05, 3.63) is 34.9 Å². The molecule has 2 fully saturated rings. The van der Waals surface area contributed by atoms with E-state index in [0.717, 1.165) is 24.6 Å². The summed E-state index contributed by atoms with van der Waals surface area (Å²) >= 11 is 0. The van der Waals surface area contributed by atoms with Gasteiger partial charge < -0.3 is 5.32 Å². The highest BCUT2D eigenvalue weighted by molar-refractivity contribution is 5.95. The van der Waals surface area contributed by atoms with Crippen molar-refractivity contribution >= 4 is 17.7 Å². The molecule has 2 aliphatic carbocycles. The summed E-state index contributed by atoms with van der Waals surface area (Å²) in [5.74, 6) is 1.45. The fourth-order valence-electron chi connectivity index (χ4n) is 5.23. The molecule has 2 atom stereocenters. The molecule has 3 heteroatoms. The van der Waals surface area contributed by atoms with E-state index in [4.69, 9.17) is 0 Å². The molecular formula is C22H30N2O. The van der Waals surface area contributed by atoms with E-state index < -0.39 is 0 Å². The van der Waals surface area contributed by atoms with Crippen LogP contribution in [0.5, 0.6) is 0 Å². The number of nitrogens with zero attached hydrogens (tertiary/aromatic N) is 1. The molecule has 0 spiro atoms. The minimum Gasteiger partial charge on any atom is -0.325 e. The number of amides is 1. The number of hydrogen-bond donors (Lipinski definition) is 1. The predicted octanol–water partition coefficient (Wildman–Crippen LogP) is 4.49. The van der Waals surface area contributed by atoms with E-state index in [0.29, 0.717) is 5.92 Å². The Hall–Kier alpha value is -1.61. The Morgan fingerprint density at radius 3 is 2.76 bits per heavy atom. The van der Waals surface area contributed by atoms with E-state index in [1.807, 2.05) is 0 Å². The van der Waals surface area contributed by atoms with Crippen LogP contribution in [0.3, 0.4) is 0 Å². The molecule has 1 heterocycles. The van der Waals surface area contributed by atoms with Crippen LogP contribution in [-0.2, 0) is 11.2 Å². The van der Waals surface area contributed by atoms with E-state index in [-0.39, 0.29) is 11.9 Å². The van der Waals surface area contributed by atoms with Crippen LogP contribution in [-0.4, -0.2) is 30.4 Å². The van der Waals surface area contributed by atoms with Gasteiger partial charge in [0.25, 0.3) is 0 Å². The van der Waals surface area contributed by atoms with Crippen molar-refractivity contribution in [2.24, 2.45) is 11.8 Å². The van der Waals surface area contributed by atoms with Gasteiger partial charge in [0.1, 0.15) is 0 Å². The lowest BCUT2D eigenvalue weighted by molar-refractivity contribution is -0.121. The third-order valence-corrected chi connectivity index (χ3v) is 6.50. The van der Waals surface area contributed by atoms with Crippen LogP contribution in [0.4, 0.5) is 5.69 Å². The Morgan fingerprint density at radius 2 is 1.96 bits per heavy atom. The molecule has 1 saturated carbocycles. The molecule has 1 saturated heterocycles. The van der Waals surface area contributed by atoms with Crippen LogP contribution in [0, 0.1) is 11.8 Å². The van der Waals surface area contributed by atoms with Gasteiger partial charge in [-0.2, -0.15) is 0 Å². The molecule has 2 unspecified atom stereocenters. The Morgan fingerprint density at radius 1 is 1.16 bits per heavy atom. The molecule has 1 aliphatic heterocycles. The fourth-order valence-corrected chi connectivity index (χ4v) is 5.23. The zero-order valence-electron chi connectivity index (χ0n) is 15.6. The van der Waals surface area contributed by atoms with E-state index in [2.05, 4.69) is 48.5 Å². The highest BCUT2D eigenvalue weighted by Crippen LogP contribution is 2.38. The van der Waals surface area contributed by atoms with Crippen LogP contribution < -0.4 is 5.32 Å². The number of likely N-dealkylation sites (N-methyl/N-ethyl adjacent to an activating group) is 1. The quantitative estimate of drug-likeness (QED) is 0.881. The highest BCUT2D eigenvalue weighted by Gasteiger charge is 2.41. The van der Waals surface area contributed by atoms with E-state index in [1.165, 1.54) is 55.2 Å². The number of benzene rings is 1. The summed E-state index contributed by atoms with van der Waals surface area (Å²) in [7, 11) is 2.11. The smallest absolute Gasteiger partial charge is 0.242 e. The molecule has 25 heavy (non-hydrogen) atoms. The van der Waals surface area contributed by atoms with E-state index in [1.54, 1.807) is 0 Å². The van der Waals surface area contributed by atoms with Crippen LogP contribution >= 0.6 is 0 Å². The number of anilines is 1. The molecule has 1 amide bonds. The van der Waals surface area contributed by atoms with Crippen molar-refractivity contribution in [2.45, 2.75) is 57.9 Å². The minimum atomic E-state index is 0.0358. The third-order valence-electron chi connectivity index (χ3n) is 6.50. The van der Waals surface area contributed by atoms with Crippen molar-refractivity contribution in [1.29, 1.82) is 0 Å². The second kappa shape index (κ2) is 6.95. The van der Waals surface area contributed by atoms with Gasteiger partial charge >= 0.3 is 0 Å². The second-order valence-corrected chi connectivity index (χ2v) is 8.35. The van der Waals surface area contributed by atoms with Crippen LogP contribution in [0.1, 0.15) is 56.6 Å². The molecule has 0 bridgehead atoms. The number of fused-ring (bicyclic) bond motifs is 1. The molecule has 1 N–H and O–H groups in total. The van der Waals surface area contributed by atoms with Crippen molar-refractivity contribution in [3.8, 4) is 0 Å². The minimum absolute atomic E-state index is 0.0358. The molecule has 3 nitrogen and oxygen atoms in total. The normalized spacial score (nSPS) is 27.2. The molecule has 134 valence electrons. The van der Waals surface area contributed by atoms with Crippen molar-refractivity contribution in [3.63, 3.8) is 0 Å². The molecule has 0 radical (unpaired) electrons. The first-order chi connectivity index (χ1) is 12.1. The summed E-state index contributed by atoms with van der Waals surface area (Å²) in [5.41, 5.74) is 4.97. The largest absolute Gasteiger partial charge is 0.325 e. The Balaban J connectivity index is 1.48. The molecule has 0 aromatic heterocycles. The number of likely N-dealkylation sites (tertiary alicyclic amines) is 1. The molecule has 1 aromatic carbocycles. The number of allylic oxidation sites excluding steroid dienone is 1. The SMILES string of the molecule is CC1=Cc2cc(NC(=O)C3C(C4CCCCC4)CCN3C)ccc2C1. The van der Waals surface area contributed by atoms with Gasteiger partial charge in [-0.15, -0.1) is 0 Å². The van der Waals surface area contributed by atoms with Gasteiger partial charge in [0.2, 0.25) is 5.91 Å². The summed E-state index contributed by atoms with van der Waals surface area (Å²) in [5, 5.41) is 3.22. The standard InChI is InChI=1S/C22H30N2O/c1-15-12-17-8-9-19(14-18(17)13-15)23-22(25)21-20(10-11-24(21)2)16-6-4-3-5-7-16/h8-9,13-14,16,20-21H,3-7,10-12H2,1-2H3,(H,23,25). The average molecular weight is 338 g/mol. The first-order valence-electron chi connectivity index (χ1n) is 9.93. The molecule has 3 aliphatic rings. The van der Waals surface area contributed by atoms with Crippen molar-refractivity contribution in [2.75, 3.05) is 18.9 Å². The number of carbonyl (C=O) groups excluding carboxylic acids is 1. The summed E-state index contributed by atoms with van der Waals surface area (Å²) in [4.78, 5) is 15.3. The topological polar surface area (TPSA) is 32.3 Å². The third kappa shape index (κ3) is 3.39.